The van der Waals surface area contributed by atoms with Gasteiger partial charge in [0.2, 0.25) is 0 Å². The van der Waals surface area contributed by atoms with Gasteiger partial charge in [-0.05, 0) is 25.5 Å². The molecule has 0 unspecified atom stereocenters. The van der Waals surface area contributed by atoms with Crippen molar-refractivity contribution in [3.05, 3.63) is 40.1 Å². The largest absolute Gasteiger partial charge is 0.327 e. The summed E-state index contributed by atoms with van der Waals surface area (Å²) >= 11 is 1.59. The van der Waals surface area contributed by atoms with Gasteiger partial charge >= 0.3 is 0 Å². The third-order valence-electron chi connectivity index (χ3n) is 2.52. The van der Waals surface area contributed by atoms with E-state index in [2.05, 4.69) is 11.9 Å². The Labute approximate surface area is 98.8 Å². The molecular formula is C12H14N2OS. The molecule has 0 saturated heterocycles. The van der Waals surface area contributed by atoms with Crippen LogP contribution in [0.2, 0.25) is 0 Å². The maximum atomic E-state index is 12.0. The number of thiophene rings is 1. The molecule has 0 spiro atoms. The first-order valence-corrected chi connectivity index (χ1v) is 6.12. The van der Waals surface area contributed by atoms with E-state index in [-0.39, 0.29) is 5.78 Å². The summed E-state index contributed by atoms with van der Waals surface area (Å²) in [5, 5.41) is 0. The van der Waals surface area contributed by atoms with E-state index in [4.69, 9.17) is 0 Å². The number of ketones is 1. The number of carbonyl (C=O) groups excluding carboxylic acids is 1. The fourth-order valence-corrected chi connectivity index (χ4v) is 2.40. The maximum absolute atomic E-state index is 12.0. The molecule has 3 nitrogen and oxygen atoms in total. The van der Waals surface area contributed by atoms with E-state index in [1.165, 1.54) is 4.88 Å². The molecule has 0 aliphatic heterocycles. The van der Waals surface area contributed by atoms with Crippen LogP contribution in [0.1, 0.15) is 27.3 Å². The van der Waals surface area contributed by atoms with Gasteiger partial charge < -0.3 is 4.57 Å². The van der Waals surface area contributed by atoms with Gasteiger partial charge in [0.25, 0.3) is 0 Å². The number of aromatic nitrogens is 2. The number of nitrogens with zero attached hydrogens (tertiary/aromatic N) is 2. The van der Waals surface area contributed by atoms with Crippen LogP contribution in [0.5, 0.6) is 0 Å². The lowest BCUT2D eigenvalue weighted by Gasteiger charge is -2.01. The second-order valence-corrected chi connectivity index (χ2v) is 4.81. The Balaban J connectivity index is 2.11. The highest BCUT2D eigenvalue weighted by Crippen LogP contribution is 2.18. The normalized spacial score (nSPS) is 10.6. The van der Waals surface area contributed by atoms with Crippen LogP contribution in [-0.4, -0.2) is 15.3 Å². The number of imidazole rings is 1. The number of aryl methyl sites for hydroxylation is 2. The van der Waals surface area contributed by atoms with E-state index < -0.39 is 0 Å². The van der Waals surface area contributed by atoms with E-state index in [1.54, 1.807) is 17.5 Å². The van der Waals surface area contributed by atoms with Crippen LogP contribution in [0.4, 0.5) is 0 Å². The molecule has 0 aromatic carbocycles. The minimum Gasteiger partial charge on any atom is -0.327 e. The Hall–Kier alpha value is -1.42. The van der Waals surface area contributed by atoms with Gasteiger partial charge in [-0.15, -0.1) is 11.3 Å². The second-order valence-electron chi connectivity index (χ2n) is 3.65. The average Bonchev–Trinajstić information content (AvgIpc) is 2.88. The smallest absolute Gasteiger partial charge is 0.192 e. The molecule has 0 saturated carbocycles. The van der Waals surface area contributed by atoms with Crippen LogP contribution in [0.15, 0.2) is 24.5 Å². The van der Waals surface area contributed by atoms with E-state index in [9.17, 15) is 4.79 Å². The molecule has 4 heteroatoms. The average molecular weight is 234 g/mol. The van der Waals surface area contributed by atoms with Crippen molar-refractivity contribution in [2.45, 2.75) is 26.8 Å². The van der Waals surface area contributed by atoms with Crippen molar-refractivity contribution in [3.63, 3.8) is 0 Å². The molecule has 2 aromatic heterocycles. The molecular weight excluding hydrogens is 220 g/mol. The first-order chi connectivity index (χ1) is 7.70. The molecule has 84 valence electrons. The molecule has 2 aromatic rings. The zero-order chi connectivity index (χ0) is 11.5. The molecule has 0 bridgehead atoms. The third kappa shape index (κ3) is 2.22. The van der Waals surface area contributed by atoms with Gasteiger partial charge in [0.05, 0.1) is 11.4 Å². The van der Waals surface area contributed by atoms with Crippen molar-refractivity contribution in [1.29, 1.82) is 0 Å². The molecule has 2 rings (SSSR count). The summed E-state index contributed by atoms with van der Waals surface area (Å²) in [5.41, 5.74) is 0. The third-order valence-corrected chi connectivity index (χ3v) is 3.79. The Kier molecular flexibility index (Phi) is 3.19. The van der Waals surface area contributed by atoms with Gasteiger partial charge in [-0.1, -0.05) is 6.92 Å². The van der Waals surface area contributed by atoms with Crippen LogP contribution in [0.25, 0.3) is 0 Å². The van der Waals surface area contributed by atoms with E-state index in [0.717, 1.165) is 17.1 Å². The zero-order valence-electron chi connectivity index (χ0n) is 9.43. The first-order valence-electron chi connectivity index (χ1n) is 5.30. The van der Waals surface area contributed by atoms with Crippen LogP contribution >= 0.6 is 11.3 Å². The standard InChI is InChI=1S/C12H14N2OS/c1-3-10-4-5-12(16-10)11(15)8-14-7-6-13-9(14)2/h4-7H,3,8H2,1-2H3. The van der Waals surface area contributed by atoms with Crippen molar-refractivity contribution in [3.8, 4) is 0 Å². The van der Waals surface area contributed by atoms with Gasteiger partial charge in [-0.2, -0.15) is 0 Å². The van der Waals surface area contributed by atoms with E-state index in [0.29, 0.717) is 6.54 Å². The molecule has 2 heterocycles. The molecule has 0 amide bonds. The summed E-state index contributed by atoms with van der Waals surface area (Å²) in [6, 6.07) is 3.94. The van der Waals surface area contributed by atoms with Crippen LogP contribution in [-0.2, 0) is 13.0 Å². The predicted octanol–water partition coefficient (Wildman–Crippen LogP) is 2.70. The van der Waals surface area contributed by atoms with Gasteiger partial charge in [0.1, 0.15) is 5.82 Å². The monoisotopic (exact) mass is 234 g/mol. The highest BCUT2D eigenvalue weighted by molar-refractivity contribution is 7.14. The minimum atomic E-state index is 0.158. The van der Waals surface area contributed by atoms with Crippen molar-refractivity contribution >= 4 is 17.1 Å². The van der Waals surface area contributed by atoms with Crippen molar-refractivity contribution in [2.24, 2.45) is 0 Å². The first kappa shape index (κ1) is 11.1. The van der Waals surface area contributed by atoms with Gasteiger partial charge in [-0.3, -0.25) is 4.79 Å². The van der Waals surface area contributed by atoms with Crippen LogP contribution in [0.3, 0.4) is 0 Å². The highest BCUT2D eigenvalue weighted by Gasteiger charge is 2.10. The van der Waals surface area contributed by atoms with E-state index >= 15 is 0 Å². The van der Waals surface area contributed by atoms with Crippen LogP contribution < -0.4 is 0 Å². The number of carbonyl (C=O) groups is 1. The Bertz CT molecular complexity index is 499. The number of hydrogen-bond acceptors (Lipinski definition) is 3. The van der Waals surface area contributed by atoms with Gasteiger partial charge in [0, 0.05) is 17.3 Å². The SMILES string of the molecule is CCc1ccc(C(=O)Cn2ccnc2C)s1. The molecule has 0 radical (unpaired) electrons. The lowest BCUT2D eigenvalue weighted by Crippen LogP contribution is -2.09. The summed E-state index contributed by atoms with van der Waals surface area (Å²) in [6.07, 6.45) is 4.54. The lowest BCUT2D eigenvalue weighted by atomic mass is 10.3. The van der Waals surface area contributed by atoms with Crippen LogP contribution in [0, 0.1) is 6.92 Å². The topological polar surface area (TPSA) is 34.9 Å². The summed E-state index contributed by atoms with van der Waals surface area (Å²) in [7, 11) is 0. The predicted molar refractivity (Wildman–Crippen MR) is 65.0 cm³/mol. The molecule has 0 atom stereocenters. The summed E-state index contributed by atoms with van der Waals surface area (Å²) in [4.78, 5) is 18.1. The number of hydrogen-bond donors (Lipinski definition) is 0. The van der Waals surface area contributed by atoms with Crippen molar-refractivity contribution in [1.82, 2.24) is 9.55 Å². The highest BCUT2D eigenvalue weighted by atomic mass is 32.1. The molecule has 0 aliphatic carbocycles. The Morgan fingerprint density at radius 3 is 2.88 bits per heavy atom. The summed E-state index contributed by atoms with van der Waals surface area (Å²) in [6.45, 7) is 4.38. The lowest BCUT2D eigenvalue weighted by molar-refractivity contribution is 0.0975. The number of Topliss-reactive ketones (excluding diaryl/α,β-unsaturated/α-hetero) is 1. The van der Waals surface area contributed by atoms with Crippen molar-refractivity contribution < 1.29 is 4.79 Å². The fraction of sp³-hybridized carbons (Fsp3) is 0.333. The zero-order valence-corrected chi connectivity index (χ0v) is 10.3. The molecule has 0 N–H and O–H groups in total. The maximum Gasteiger partial charge on any atom is 0.192 e. The second kappa shape index (κ2) is 4.61. The quantitative estimate of drug-likeness (QED) is 0.762. The summed E-state index contributed by atoms with van der Waals surface area (Å²) in [5.74, 6) is 1.03. The molecule has 0 fully saturated rings. The van der Waals surface area contributed by atoms with Gasteiger partial charge in [0.15, 0.2) is 5.78 Å². The minimum absolute atomic E-state index is 0.158. The van der Waals surface area contributed by atoms with Gasteiger partial charge in [-0.25, -0.2) is 4.98 Å². The fourth-order valence-electron chi connectivity index (χ4n) is 1.52. The molecule has 0 aliphatic rings. The van der Waals surface area contributed by atoms with Crippen molar-refractivity contribution in [2.75, 3.05) is 0 Å². The van der Waals surface area contributed by atoms with E-state index in [1.807, 2.05) is 29.8 Å². The summed E-state index contributed by atoms with van der Waals surface area (Å²) < 4.78 is 1.87. The Morgan fingerprint density at radius 2 is 2.31 bits per heavy atom. The molecule has 16 heavy (non-hydrogen) atoms. The Morgan fingerprint density at radius 1 is 1.50 bits per heavy atom. The number of rotatable bonds is 4.